The molecule has 0 aliphatic heterocycles. The first-order valence-electron chi connectivity index (χ1n) is 7.27. The molecule has 126 valence electrons. The molecular weight excluding hydrogens is 316 g/mol. The van der Waals surface area contributed by atoms with Crippen LogP contribution in [-0.4, -0.2) is 25.6 Å². The van der Waals surface area contributed by atoms with Crippen LogP contribution in [0.25, 0.3) is 0 Å². The summed E-state index contributed by atoms with van der Waals surface area (Å²) < 4.78 is 30.5. The van der Waals surface area contributed by atoms with E-state index >= 15 is 0 Å². The first-order chi connectivity index (χ1) is 10.7. The number of rotatable bonds is 6. The number of sulfonamides is 1. The van der Waals surface area contributed by atoms with Crippen LogP contribution in [0.4, 0.5) is 5.95 Å². The van der Waals surface area contributed by atoms with Crippen molar-refractivity contribution in [3.05, 3.63) is 41.3 Å². The first kappa shape index (κ1) is 17.4. The maximum atomic E-state index is 11.5. The number of nitrogens with zero attached hydrogens (tertiary/aromatic N) is 2. The summed E-state index contributed by atoms with van der Waals surface area (Å²) in [5.74, 6) is 0.987. The highest BCUT2D eigenvalue weighted by atomic mass is 32.2. The van der Waals surface area contributed by atoms with Gasteiger partial charge in [-0.1, -0.05) is 45.0 Å². The van der Waals surface area contributed by atoms with Gasteiger partial charge in [-0.05, 0) is 23.3 Å². The highest BCUT2D eigenvalue weighted by Crippen LogP contribution is 2.21. The fraction of sp³-hybridized carbons (Fsp3) is 0.467. The minimum absolute atomic E-state index is 0.0308. The average molecular weight is 338 g/mol. The molecule has 7 nitrogen and oxygen atoms in total. The summed E-state index contributed by atoms with van der Waals surface area (Å²) in [5.41, 5.74) is 1.54. The lowest BCUT2D eigenvalue weighted by molar-refractivity contribution is 0.321. The monoisotopic (exact) mass is 338 g/mol. The largest absolute Gasteiger partial charge is 0.348 e. The molecule has 0 saturated heterocycles. The van der Waals surface area contributed by atoms with E-state index in [0.29, 0.717) is 18.4 Å². The van der Waals surface area contributed by atoms with E-state index in [-0.39, 0.29) is 11.2 Å². The summed E-state index contributed by atoms with van der Waals surface area (Å²) >= 11 is 0. The van der Waals surface area contributed by atoms with E-state index < -0.39 is 10.0 Å². The number of nitrogens with one attached hydrogen (secondary N) is 2. The number of hydrogen-bond donors (Lipinski definition) is 2. The molecule has 2 aromatic rings. The van der Waals surface area contributed by atoms with E-state index in [2.05, 4.69) is 20.2 Å². The molecule has 0 bridgehead atoms. The number of anilines is 1. The van der Waals surface area contributed by atoms with Gasteiger partial charge in [0, 0.05) is 12.0 Å². The molecule has 2 N–H and O–H groups in total. The molecule has 0 unspecified atom stereocenters. The third-order valence-corrected chi connectivity index (χ3v) is 4.54. The lowest BCUT2D eigenvalue weighted by atomic mass is 9.97. The fourth-order valence-corrected chi connectivity index (χ4v) is 2.60. The predicted octanol–water partition coefficient (Wildman–Crippen LogP) is 2.03. The summed E-state index contributed by atoms with van der Waals surface area (Å²) in [7, 11) is -1.84. The van der Waals surface area contributed by atoms with E-state index in [1.54, 1.807) is 12.1 Å². The maximum Gasteiger partial charge on any atom is 0.263 e. The van der Waals surface area contributed by atoms with Crippen LogP contribution < -0.4 is 10.0 Å². The molecular formula is C15H22N4O3S. The second kappa shape index (κ2) is 6.67. The Morgan fingerprint density at radius 2 is 1.74 bits per heavy atom. The van der Waals surface area contributed by atoms with Crippen LogP contribution in [0.15, 0.2) is 28.8 Å². The second-order valence-corrected chi connectivity index (χ2v) is 8.23. The van der Waals surface area contributed by atoms with Gasteiger partial charge < -0.3 is 9.84 Å². The molecule has 0 aliphatic rings. The van der Waals surface area contributed by atoms with Gasteiger partial charge in [-0.25, -0.2) is 13.1 Å². The smallest absolute Gasteiger partial charge is 0.263 e. The zero-order valence-electron chi connectivity index (χ0n) is 13.8. The van der Waals surface area contributed by atoms with Crippen molar-refractivity contribution in [1.29, 1.82) is 0 Å². The molecule has 0 spiro atoms. The molecule has 0 saturated carbocycles. The van der Waals surface area contributed by atoms with Crippen LogP contribution in [0.1, 0.15) is 37.8 Å². The lowest BCUT2D eigenvalue weighted by Crippen LogP contribution is -2.20. The quantitative estimate of drug-likeness (QED) is 0.836. The normalized spacial score (nSPS) is 12.3. The first-order valence-corrected chi connectivity index (χ1v) is 8.92. The third-order valence-electron chi connectivity index (χ3n) is 3.21. The van der Waals surface area contributed by atoms with Crippen LogP contribution in [0.5, 0.6) is 0 Å². The zero-order valence-corrected chi connectivity index (χ0v) is 14.6. The van der Waals surface area contributed by atoms with Crippen LogP contribution >= 0.6 is 0 Å². The van der Waals surface area contributed by atoms with Crippen molar-refractivity contribution in [3.63, 3.8) is 0 Å². The molecule has 1 aromatic carbocycles. The topological polar surface area (TPSA) is 97.1 Å². The van der Waals surface area contributed by atoms with Crippen molar-refractivity contribution in [2.75, 3.05) is 12.4 Å². The molecule has 0 amide bonds. The van der Waals surface area contributed by atoms with E-state index in [9.17, 15) is 8.42 Å². The number of benzene rings is 1. The zero-order chi connectivity index (χ0) is 17.1. The Balaban J connectivity index is 1.95. The SMILES string of the molecule is CNS(=O)(=O)Cc1ccc(CNc2noc(C(C)(C)C)n2)cc1. The summed E-state index contributed by atoms with van der Waals surface area (Å²) in [5, 5.41) is 6.98. The van der Waals surface area contributed by atoms with Gasteiger partial charge in [-0.2, -0.15) is 4.98 Å². The van der Waals surface area contributed by atoms with Crippen molar-refractivity contribution < 1.29 is 12.9 Å². The van der Waals surface area contributed by atoms with Crippen molar-refractivity contribution in [2.45, 2.75) is 38.5 Å². The predicted molar refractivity (Wildman–Crippen MR) is 88.5 cm³/mol. The van der Waals surface area contributed by atoms with Crippen LogP contribution in [0.2, 0.25) is 0 Å². The van der Waals surface area contributed by atoms with Gasteiger partial charge in [0.1, 0.15) is 0 Å². The van der Waals surface area contributed by atoms with Gasteiger partial charge >= 0.3 is 0 Å². The highest BCUT2D eigenvalue weighted by Gasteiger charge is 2.21. The Morgan fingerprint density at radius 1 is 1.13 bits per heavy atom. The molecule has 8 heteroatoms. The molecule has 0 aliphatic carbocycles. The van der Waals surface area contributed by atoms with Gasteiger partial charge in [-0.3, -0.25) is 0 Å². The van der Waals surface area contributed by atoms with Gasteiger partial charge in [0.15, 0.2) is 0 Å². The van der Waals surface area contributed by atoms with Crippen LogP contribution in [0.3, 0.4) is 0 Å². The standard InChI is InChI=1S/C15H22N4O3S/c1-15(2,3)13-18-14(19-22-13)17-9-11-5-7-12(8-6-11)10-23(20,21)16-4/h5-8,16H,9-10H2,1-4H3,(H,17,19). The summed E-state index contributed by atoms with van der Waals surface area (Å²) in [6.45, 7) is 6.54. The van der Waals surface area contributed by atoms with E-state index in [1.807, 2.05) is 32.9 Å². The van der Waals surface area contributed by atoms with E-state index in [0.717, 1.165) is 11.1 Å². The van der Waals surface area contributed by atoms with Crippen molar-refractivity contribution in [1.82, 2.24) is 14.9 Å². The molecule has 23 heavy (non-hydrogen) atoms. The van der Waals surface area contributed by atoms with Crippen LogP contribution in [0, 0.1) is 0 Å². The minimum Gasteiger partial charge on any atom is -0.348 e. The summed E-state index contributed by atoms with van der Waals surface area (Å²) in [6.07, 6.45) is 0. The fourth-order valence-electron chi connectivity index (χ4n) is 1.83. The maximum absolute atomic E-state index is 11.5. The Hall–Kier alpha value is -1.93. The molecule has 0 fully saturated rings. The average Bonchev–Trinajstić information content (AvgIpc) is 2.95. The van der Waals surface area contributed by atoms with Gasteiger partial charge in [0.25, 0.3) is 5.95 Å². The molecule has 1 aromatic heterocycles. The molecule has 1 heterocycles. The van der Waals surface area contributed by atoms with E-state index in [4.69, 9.17) is 4.52 Å². The summed E-state index contributed by atoms with van der Waals surface area (Å²) in [4.78, 5) is 4.30. The third kappa shape index (κ3) is 5.04. The van der Waals surface area contributed by atoms with E-state index in [1.165, 1.54) is 7.05 Å². The van der Waals surface area contributed by atoms with Gasteiger partial charge in [-0.15, -0.1) is 0 Å². The lowest BCUT2D eigenvalue weighted by Gasteiger charge is -2.10. The number of aromatic nitrogens is 2. The molecule has 2 rings (SSSR count). The molecule has 0 radical (unpaired) electrons. The highest BCUT2D eigenvalue weighted by molar-refractivity contribution is 7.88. The summed E-state index contributed by atoms with van der Waals surface area (Å²) in [6, 6.07) is 7.34. The Morgan fingerprint density at radius 3 is 2.26 bits per heavy atom. The Kier molecular flexibility index (Phi) is 5.06. The number of hydrogen-bond acceptors (Lipinski definition) is 6. The van der Waals surface area contributed by atoms with Crippen LogP contribution in [-0.2, 0) is 27.7 Å². The van der Waals surface area contributed by atoms with Gasteiger partial charge in [0.05, 0.1) is 5.75 Å². The Labute approximate surface area is 136 Å². The van der Waals surface area contributed by atoms with Crippen molar-refractivity contribution >= 4 is 16.0 Å². The van der Waals surface area contributed by atoms with Crippen molar-refractivity contribution in [3.8, 4) is 0 Å². The van der Waals surface area contributed by atoms with Crippen molar-refractivity contribution in [2.24, 2.45) is 0 Å². The minimum atomic E-state index is -3.25. The molecule has 0 atom stereocenters. The van der Waals surface area contributed by atoms with Gasteiger partial charge in [0.2, 0.25) is 15.9 Å². The Bertz CT molecular complexity index is 746. The second-order valence-electron chi connectivity index (χ2n) is 6.31.